The number of nitrogens with one attached hydrogen (secondary N) is 1. The van der Waals surface area contributed by atoms with Gasteiger partial charge in [0.15, 0.2) is 6.29 Å². The fraction of sp³-hybridized carbons (Fsp3) is 1.00. The van der Waals surface area contributed by atoms with E-state index in [0.717, 1.165) is 37.3 Å². The molecule has 1 heterocycles. The van der Waals surface area contributed by atoms with Crippen molar-refractivity contribution in [2.45, 2.75) is 38.2 Å². The van der Waals surface area contributed by atoms with Crippen molar-refractivity contribution in [1.29, 1.82) is 0 Å². The van der Waals surface area contributed by atoms with Crippen LogP contribution in [0.4, 0.5) is 0 Å². The number of piperidine rings is 1. The van der Waals surface area contributed by atoms with Crippen LogP contribution in [0.15, 0.2) is 0 Å². The van der Waals surface area contributed by atoms with Crippen LogP contribution in [0.5, 0.6) is 0 Å². The highest BCUT2D eigenvalue weighted by Gasteiger charge is 2.16. The van der Waals surface area contributed by atoms with Gasteiger partial charge in [0, 0.05) is 24.2 Å². The molecule has 3 nitrogen and oxygen atoms in total. The molecular formula is C11H23NO2S. The molecule has 0 amide bonds. The van der Waals surface area contributed by atoms with Gasteiger partial charge in [-0.05, 0) is 39.8 Å². The van der Waals surface area contributed by atoms with Gasteiger partial charge in [-0.25, -0.2) is 0 Å². The van der Waals surface area contributed by atoms with E-state index in [4.69, 9.17) is 9.47 Å². The van der Waals surface area contributed by atoms with E-state index in [1.165, 1.54) is 12.8 Å². The minimum Gasteiger partial charge on any atom is -0.352 e. The summed E-state index contributed by atoms with van der Waals surface area (Å²) in [7, 11) is 0. The van der Waals surface area contributed by atoms with E-state index < -0.39 is 0 Å². The predicted molar refractivity (Wildman–Crippen MR) is 65.4 cm³/mol. The third-order valence-electron chi connectivity index (χ3n) is 2.46. The molecule has 1 rings (SSSR count). The average Bonchev–Trinajstić information content (AvgIpc) is 2.28. The van der Waals surface area contributed by atoms with E-state index >= 15 is 0 Å². The molecule has 0 aromatic heterocycles. The second-order valence-corrected chi connectivity index (χ2v) is 4.96. The fourth-order valence-corrected chi connectivity index (χ4v) is 2.88. The summed E-state index contributed by atoms with van der Waals surface area (Å²) in [5.41, 5.74) is 0. The molecule has 0 aromatic carbocycles. The molecule has 0 saturated carbocycles. The number of hydrogen-bond donors (Lipinski definition) is 1. The van der Waals surface area contributed by atoms with Crippen LogP contribution in [0.3, 0.4) is 0 Å². The van der Waals surface area contributed by atoms with Crippen LogP contribution in [0, 0.1) is 0 Å². The molecule has 4 heteroatoms. The molecule has 1 fully saturated rings. The second-order valence-electron chi connectivity index (χ2n) is 3.62. The van der Waals surface area contributed by atoms with Crippen molar-refractivity contribution >= 4 is 11.8 Å². The van der Waals surface area contributed by atoms with E-state index in [1.54, 1.807) is 0 Å². The van der Waals surface area contributed by atoms with Gasteiger partial charge in [0.05, 0.1) is 0 Å². The monoisotopic (exact) mass is 233 g/mol. The first-order valence-corrected chi connectivity index (χ1v) is 6.97. The summed E-state index contributed by atoms with van der Waals surface area (Å²) in [4.78, 5) is 0. The molecule has 0 spiro atoms. The number of hydrogen-bond acceptors (Lipinski definition) is 4. The van der Waals surface area contributed by atoms with E-state index in [1.807, 2.05) is 25.6 Å². The van der Waals surface area contributed by atoms with Crippen LogP contribution < -0.4 is 5.32 Å². The Hall–Kier alpha value is 0.230. The maximum Gasteiger partial charge on any atom is 0.166 e. The average molecular weight is 233 g/mol. The Morgan fingerprint density at radius 3 is 2.33 bits per heavy atom. The normalized spacial score (nSPS) is 18.6. The van der Waals surface area contributed by atoms with Crippen molar-refractivity contribution in [2.24, 2.45) is 0 Å². The van der Waals surface area contributed by atoms with Crippen molar-refractivity contribution in [1.82, 2.24) is 5.32 Å². The van der Waals surface area contributed by atoms with Crippen LogP contribution in [0.25, 0.3) is 0 Å². The summed E-state index contributed by atoms with van der Waals surface area (Å²) in [6, 6.07) is 0. The summed E-state index contributed by atoms with van der Waals surface area (Å²) in [6.45, 7) is 7.81. The van der Waals surface area contributed by atoms with E-state index in [2.05, 4.69) is 5.32 Å². The standard InChI is InChI=1S/C11H23NO2S/c1-3-13-11(14-4-2)9-15-10-5-7-12-8-6-10/h10-12H,3-9H2,1-2H3. The van der Waals surface area contributed by atoms with Gasteiger partial charge in [-0.15, -0.1) is 0 Å². The number of rotatable bonds is 7. The lowest BCUT2D eigenvalue weighted by Crippen LogP contribution is -2.30. The molecule has 1 aliphatic rings. The van der Waals surface area contributed by atoms with E-state index in [9.17, 15) is 0 Å². The Morgan fingerprint density at radius 1 is 1.20 bits per heavy atom. The third-order valence-corrected chi connectivity index (χ3v) is 3.87. The lowest BCUT2D eigenvalue weighted by atomic mass is 10.2. The third kappa shape index (κ3) is 5.76. The van der Waals surface area contributed by atoms with Gasteiger partial charge in [0.25, 0.3) is 0 Å². The Balaban J connectivity index is 2.13. The second kappa shape index (κ2) is 8.39. The van der Waals surface area contributed by atoms with Crippen LogP contribution in [0.2, 0.25) is 0 Å². The summed E-state index contributed by atoms with van der Waals surface area (Å²) in [5.74, 6) is 0.965. The van der Waals surface area contributed by atoms with Gasteiger partial charge < -0.3 is 14.8 Å². The van der Waals surface area contributed by atoms with E-state index in [-0.39, 0.29) is 6.29 Å². The summed E-state index contributed by atoms with van der Waals surface area (Å²) < 4.78 is 11.0. The molecule has 0 aromatic rings. The van der Waals surface area contributed by atoms with Crippen molar-refractivity contribution in [3.05, 3.63) is 0 Å². The largest absolute Gasteiger partial charge is 0.352 e. The Bertz CT molecular complexity index is 146. The lowest BCUT2D eigenvalue weighted by molar-refractivity contribution is -0.120. The predicted octanol–water partition coefficient (Wildman–Crippen LogP) is 1.87. The molecule has 15 heavy (non-hydrogen) atoms. The van der Waals surface area contributed by atoms with Crippen molar-refractivity contribution in [3.8, 4) is 0 Å². The number of ether oxygens (including phenoxy) is 2. The molecule has 0 bridgehead atoms. The Labute approximate surface area is 97.3 Å². The molecule has 0 unspecified atom stereocenters. The van der Waals surface area contributed by atoms with E-state index in [0.29, 0.717) is 0 Å². The number of thioether (sulfide) groups is 1. The van der Waals surface area contributed by atoms with Crippen molar-refractivity contribution in [2.75, 3.05) is 32.1 Å². The van der Waals surface area contributed by atoms with Gasteiger partial charge in [-0.1, -0.05) is 0 Å². The Morgan fingerprint density at radius 2 is 1.80 bits per heavy atom. The van der Waals surface area contributed by atoms with Crippen LogP contribution in [-0.4, -0.2) is 43.6 Å². The maximum atomic E-state index is 5.51. The summed E-state index contributed by atoms with van der Waals surface area (Å²) >= 11 is 2.00. The zero-order valence-electron chi connectivity index (χ0n) is 9.83. The molecule has 90 valence electrons. The zero-order valence-corrected chi connectivity index (χ0v) is 10.6. The van der Waals surface area contributed by atoms with Gasteiger partial charge in [0.2, 0.25) is 0 Å². The minimum absolute atomic E-state index is 0.0140. The molecule has 0 radical (unpaired) electrons. The SMILES string of the molecule is CCOC(CSC1CCNCC1)OCC. The molecule has 1 aliphatic heterocycles. The smallest absolute Gasteiger partial charge is 0.166 e. The summed E-state index contributed by atoms with van der Waals surface area (Å²) in [6.07, 6.45) is 2.53. The Kier molecular flexibility index (Phi) is 7.44. The van der Waals surface area contributed by atoms with Gasteiger partial charge >= 0.3 is 0 Å². The first kappa shape index (κ1) is 13.3. The highest BCUT2D eigenvalue weighted by Crippen LogP contribution is 2.21. The van der Waals surface area contributed by atoms with Crippen molar-refractivity contribution in [3.63, 3.8) is 0 Å². The topological polar surface area (TPSA) is 30.5 Å². The minimum atomic E-state index is -0.0140. The fourth-order valence-electron chi connectivity index (χ4n) is 1.69. The van der Waals surface area contributed by atoms with Crippen LogP contribution in [-0.2, 0) is 9.47 Å². The molecular weight excluding hydrogens is 210 g/mol. The molecule has 0 atom stereocenters. The van der Waals surface area contributed by atoms with Crippen molar-refractivity contribution < 1.29 is 9.47 Å². The molecule has 0 aliphatic carbocycles. The van der Waals surface area contributed by atoms with Gasteiger partial charge in [-0.2, -0.15) is 11.8 Å². The maximum absolute atomic E-state index is 5.51. The quantitative estimate of drug-likeness (QED) is 0.680. The van der Waals surface area contributed by atoms with Gasteiger partial charge in [0.1, 0.15) is 0 Å². The first-order valence-electron chi connectivity index (χ1n) is 5.92. The summed E-state index contributed by atoms with van der Waals surface area (Å²) in [5, 5.41) is 4.16. The molecule has 1 N–H and O–H groups in total. The highest BCUT2D eigenvalue weighted by atomic mass is 32.2. The molecule has 1 saturated heterocycles. The zero-order chi connectivity index (χ0) is 10.9. The first-order chi connectivity index (χ1) is 7.36. The van der Waals surface area contributed by atoms with Crippen LogP contribution >= 0.6 is 11.8 Å². The van der Waals surface area contributed by atoms with Gasteiger partial charge in [-0.3, -0.25) is 0 Å². The van der Waals surface area contributed by atoms with Crippen LogP contribution in [0.1, 0.15) is 26.7 Å². The highest BCUT2D eigenvalue weighted by molar-refractivity contribution is 7.99. The lowest BCUT2D eigenvalue weighted by Gasteiger charge is -2.24.